The third-order valence-corrected chi connectivity index (χ3v) is 7.62. The molecule has 28 heavy (non-hydrogen) atoms. The highest BCUT2D eigenvalue weighted by Crippen LogP contribution is 2.20. The Bertz CT molecular complexity index is 784. The van der Waals surface area contributed by atoms with Crippen molar-refractivity contribution in [3.63, 3.8) is 0 Å². The summed E-state index contributed by atoms with van der Waals surface area (Å²) in [6.07, 6.45) is 8.09. The largest absolute Gasteiger partial charge is 0.354 e. The number of hydrogen-bond donors (Lipinski definition) is 1. The Morgan fingerprint density at radius 2 is 1.82 bits per heavy atom. The molecule has 154 valence electrons. The van der Waals surface area contributed by atoms with Crippen LogP contribution >= 0.6 is 0 Å². The molecule has 1 fully saturated rings. The summed E-state index contributed by atoms with van der Waals surface area (Å²) in [6.45, 7) is 4.51. The maximum absolute atomic E-state index is 12.7. The minimum absolute atomic E-state index is 0.0239. The lowest BCUT2D eigenvalue weighted by Gasteiger charge is -2.36. The van der Waals surface area contributed by atoms with Crippen molar-refractivity contribution in [3.05, 3.63) is 42.0 Å². The van der Waals surface area contributed by atoms with Gasteiger partial charge in [0.2, 0.25) is 15.9 Å². The van der Waals surface area contributed by atoms with Crippen LogP contribution in [0.3, 0.4) is 0 Å². The predicted octanol–water partition coefficient (Wildman–Crippen LogP) is 2.39. The lowest BCUT2D eigenvalue weighted by molar-refractivity contribution is -0.126. The Kier molecular flexibility index (Phi) is 7.26. The van der Waals surface area contributed by atoms with E-state index in [0.717, 1.165) is 19.3 Å². The molecule has 1 aliphatic carbocycles. The van der Waals surface area contributed by atoms with E-state index < -0.39 is 10.0 Å². The molecular weight excluding hydrogens is 374 g/mol. The van der Waals surface area contributed by atoms with Crippen molar-refractivity contribution in [2.45, 2.75) is 50.0 Å². The fourth-order valence-electron chi connectivity index (χ4n) is 3.86. The van der Waals surface area contributed by atoms with Crippen molar-refractivity contribution < 1.29 is 13.2 Å². The van der Waals surface area contributed by atoms with E-state index in [1.807, 2.05) is 13.0 Å². The fourth-order valence-corrected chi connectivity index (χ4v) is 5.31. The van der Waals surface area contributed by atoms with Crippen LogP contribution in [-0.4, -0.2) is 62.3 Å². The molecule has 1 aliphatic heterocycles. The van der Waals surface area contributed by atoms with E-state index in [4.69, 9.17) is 0 Å². The molecular formula is C21H31N3O3S. The van der Waals surface area contributed by atoms with Crippen LogP contribution in [0, 0.1) is 0 Å². The molecule has 0 saturated carbocycles. The molecule has 1 aromatic rings. The quantitative estimate of drug-likeness (QED) is 0.707. The molecule has 7 heteroatoms. The minimum atomic E-state index is -3.46. The van der Waals surface area contributed by atoms with Gasteiger partial charge in [-0.2, -0.15) is 4.31 Å². The molecule has 1 amide bonds. The number of piperazine rings is 1. The first kappa shape index (κ1) is 21.0. The molecule has 1 heterocycles. The first-order valence-electron chi connectivity index (χ1n) is 10.2. The fraction of sp³-hybridized carbons (Fsp3) is 0.571. The third-order valence-electron chi connectivity index (χ3n) is 5.71. The average molecular weight is 406 g/mol. The van der Waals surface area contributed by atoms with Crippen LogP contribution in [0.15, 0.2) is 46.9 Å². The second kappa shape index (κ2) is 9.67. The summed E-state index contributed by atoms with van der Waals surface area (Å²) in [5, 5.41) is 3.04. The van der Waals surface area contributed by atoms with Gasteiger partial charge in [-0.1, -0.05) is 29.8 Å². The second-order valence-electron chi connectivity index (χ2n) is 7.58. The molecule has 0 spiro atoms. The van der Waals surface area contributed by atoms with Gasteiger partial charge in [-0.25, -0.2) is 8.42 Å². The summed E-state index contributed by atoms with van der Waals surface area (Å²) in [7, 11) is -3.46. The van der Waals surface area contributed by atoms with Crippen LogP contribution in [0.2, 0.25) is 0 Å². The standard InChI is InChI=1S/C21H31N3O3S/c1-18(21(25)22-13-12-19-8-4-2-5-9-19)23-14-16-24(17-15-23)28(26,27)20-10-6-3-7-11-20/h3,6-8,10-11,18H,2,4-5,9,12-17H2,1H3,(H,22,25)/t18-/m1/s1. The number of benzene rings is 1. The van der Waals surface area contributed by atoms with Gasteiger partial charge in [0.05, 0.1) is 10.9 Å². The predicted molar refractivity (Wildman–Crippen MR) is 110 cm³/mol. The van der Waals surface area contributed by atoms with Crippen molar-refractivity contribution >= 4 is 15.9 Å². The Morgan fingerprint density at radius 1 is 1.11 bits per heavy atom. The van der Waals surface area contributed by atoms with Crippen molar-refractivity contribution in [2.24, 2.45) is 0 Å². The molecule has 1 saturated heterocycles. The van der Waals surface area contributed by atoms with Crippen LogP contribution in [0.5, 0.6) is 0 Å². The van der Waals surface area contributed by atoms with Gasteiger partial charge in [0.15, 0.2) is 0 Å². The summed E-state index contributed by atoms with van der Waals surface area (Å²) < 4.78 is 26.9. The van der Waals surface area contributed by atoms with Crippen molar-refractivity contribution in [2.75, 3.05) is 32.7 Å². The number of rotatable bonds is 7. The summed E-state index contributed by atoms with van der Waals surface area (Å²) in [6, 6.07) is 8.28. The van der Waals surface area contributed by atoms with E-state index in [1.165, 1.54) is 22.7 Å². The van der Waals surface area contributed by atoms with Gasteiger partial charge in [-0.3, -0.25) is 9.69 Å². The van der Waals surface area contributed by atoms with E-state index in [-0.39, 0.29) is 11.9 Å². The first-order valence-corrected chi connectivity index (χ1v) is 11.7. The third kappa shape index (κ3) is 5.21. The molecule has 0 aromatic heterocycles. The van der Waals surface area contributed by atoms with Gasteiger partial charge >= 0.3 is 0 Å². The Morgan fingerprint density at radius 3 is 2.46 bits per heavy atom. The van der Waals surface area contributed by atoms with Crippen LogP contribution in [0.4, 0.5) is 0 Å². The highest BCUT2D eigenvalue weighted by molar-refractivity contribution is 7.89. The van der Waals surface area contributed by atoms with E-state index >= 15 is 0 Å². The van der Waals surface area contributed by atoms with Gasteiger partial charge in [0, 0.05) is 32.7 Å². The van der Waals surface area contributed by atoms with E-state index in [0.29, 0.717) is 37.6 Å². The average Bonchev–Trinajstić information content (AvgIpc) is 2.74. The van der Waals surface area contributed by atoms with Gasteiger partial charge < -0.3 is 5.32 Å². The molecule has 0 radical (unpaired) electrons. The molecule has 0 bridgehead atoms. The Labute approximate surface area is 168 Å². The maximum atomic E-state index is 12.7. The zero-order valence-electron chi connectivity index (χ0n) is 16.6. The van der Waals surface area contributed by atoms with Crippen LogP contribution < -0.4 is 5.32 Å². The lowest BCUT2D eigenvalue weighted by atomic mass is 9.97. The smallest absolute Gasteiger partial charge is 0.243 e. The molecule has 2 aliphatic rings. The molecule has 1 N–H and O–H groups in total. The van der Waals surface area contributed by atoms with E-state index in [9.17, 15) is 13.2 Å². The number of nitrogens with one attached hydrogen (secondary N) is 1. The van der Waals surface area contributed by atoms with Crippen LogP contribution in [0.1, 0.15) is 39.0 Å². The zero-order chi connectivity index (χ0) is 20.0. The van der Waals surface area contributed by atoms with Gasteiger partial charge in [-0.15, -0.1) is 0 Å². The van der Waals surface area contributed by atoms with E-state index in [2.05, 4.69) is 16.3 Å². The zero-order valence-corrected chi connectivity index (χ0v) is 17.5. The number of allylic oxidation sites excluding steroid dienone is 1. The molecule has 6 nitrogen and oxygen atoms in total. The first-order chi connectivity index (χ1) is 13.5. The number of hydrogen-bond acceptors (Lipinski definition) is 4. The van der Waals surface area contributed by atoms with Crippen molar-refractivity contribution in [1.82, 2.24) is 14.5 Å². The highest BCUT2D eigenvalue weighted by atomic mass is 32.2. The maximum Gasteiger partial charge on any atom is 0.243 e. The molecule has 3 rings (SSSR count). The molecule has 0 unspecified atom stereocenters. The topological polar surface area (TPSA) is 69.7 Å². The Hall–Kier alpha value is -1.70. The van der Waals surface area contributed by atoms with Gasteiger partial charge in [-0.05, 0) is 51.2 Å². The molecule has 1 aromatic carbocycles. The van der Waals surface area contributed by atoms with Crippen LogP contribution in [-0.2, 0) is 14.8 Å². The van der Waals surface area contributed by atoms with Gasteiger partial charge in [0.1, 0.15) is 0 Å². The number of carbonyl (C=O) groups excluding carboxylic acids is 1. The summed E-state index contributed by atoms with van der Waals surface area (Å²) in [4.78, 5) is 14.9. The summed E-state index contributed by atoms with van der Waals surface area (Å²) in [5.41, 5.74) is 1.46. The SMILES string of the molecule is C[C@H](C(=O)NCCC1=CCCCC1)N1CCN(S(=O)(=O)c2ccccc2)CC1. The Balaban J connectivity index is 1.46. The number of nitrogens with zero attached hydrogens (tertiary/aromatic N) is 2. The van der Waals surface area contributed by atoms with Crippen LogP contribution in [0.25, 0.3) is 0 Å². The monoisotopic (exact) mass is 405 g/mol. The highest BCUT2D eigenvalue weighted by Gasteiger charge is 2.31. The van der Waals surface area contributed by atoms with Crippen molar-refractivity contribution in [1.29, 1.82) is 0 Å². The molecule has 1 atom stereocenters. The number of sulfonamides is 1. The minimum Gasteiger partial charge on any atom is -0.354 e. The van der Waals surface area contributed by atoms with Gasteiger partial charge in [0.25, 0.3) is 0 Å². The normalized spacial score (nSPS) is 20.4. The summed E-state index contributed by atoms with van der Waals surface area (Å²) >= 11 is 0. The van der Waals surface area contributed by atoms with E-state index in [1.54, 1.807) is 24.3 Å². The van der Waals surface area contributed by atoms with Crippen molar-refractivity contribution in [3.8, 4) is 0 Å². The summed E-state index contributed by atoms with van der Waals surface area (Å²) in [5.74, 6) is 0.0239. The lowest BCUT2D eigenvalue weighted by Crippen LogP contribution is -2.54. The second-order valence-corrected chi connectivity index (χ2v) is 9.52. The number of carbonyl (C=O) groups is 1. The number of amides is 1.